The van der Waals surface area contributed by atoms with E-state index in [9.17, 15) is 9.00 Å². The summed E-state index contributed by atoms with van der Waals surface area (Å²) in [6.45, 7) is 9.08. The third kappa shape index (κ3) is 5.43. The SMILES string of the molecule is C=S(C)(=O)N(C)C(C(=O)N1CCCC[C@H]1c1cc2nc(N3CC[C@H](CC)C3)c(C)cn2n1)c1ccccc1C. The van der Waals surface area contributed by atoms with E-state index in [4.69, 9.17) is 10.1 Å². The summed E-state index contributed by atoms with van der Waals surface area (Å²) < 4.78 is 16.6. The minimum atomic E-state index is -2.63. The second-order valence-corrected chi connectivity index (χ2v) is 13.9. The Morgan fingerprint density at radius 3 is 2.64 bits per heavy atom. The van der Waals surface area contributed by atoms with Gasteiger partial charge in [-0.1, -0.05) is 37.6 Å². The molecule has 2 saturated heterocycles. The van der Waals surface area contributed by atoms with Crippen molar-refractivity contribution in [3.63, 3.8) is 0 Å². The average Bonchev–Trinajstić information content (AvgIpc) is 3.55. The van der Waals surface area contributed by atoms with E-state index in [-0.39, 0.29) is 11.9 Å². The van der Waals surface area contributed by atoms with E-state index < -0.39 is 15.7 Å². The lowest BCUT2D eigenvalue weighted by Crippen LogP contribution is -2.46. The first kappa shape index (κ1) is 27.6. The predicted molar refractivity (Wildman–Crippen MR) is 160 cm³/mol. The summed E-state index contributed by atoms with van der Waals surface area (Å²) >= 11 is 0. The third-order valence-electron chi connectivity index (χ3n) is 8.60. The molecule has 2 aliphatic rings. The minimum Gasteiger partial charge on any atom is -0.356 e. The van der Waals surface area contributed by atoms with Crippen molar-refractivity contribution < 1.29 is 9.00 Å². The van der Waals surface area contributed by atoms with Crippen molar-refractivity contribution in [1.29, 1.82) is 0 Å². The van der Waals surface area contributed by atoms with Crippen LogP contribution in [0.1, 0.15) is 73.5 Å². The lowest BCUT2D eigenvalue weighted by molar-refractivity contribution is -0.139. The van der Waals surface area contributed by atoms with Crippen LogP contribution >= 0.6 is 0 Å². The molecule has 8 nitrogen and oxygen atoms in total. The van der Waals surface area contributed by atoms with Crippen LogP contribution in [0.5, 0.6) is 0 Å². The zero-order valence-corrected chi connectivity index (χ0v) is 24.8. The number of anilines is 1. The molecule has 0 spiro atoms. The maximum absolute atomic E-state index is 14.4. The van der Waals surface area contributed by atoms with Crippen LogP contribution in [0.4, 0.5) is 5.82 Å². The minimum absolute atomic E-state index is 0.0562. The molecule has 0 N–H and O–H groups in total. The van der Waals surface area contributed by atoms with Crippen LogP contribution < -0.4 is 4.90 Å². The molecule has 0 bridgehead atoms. The van der Waals surface area contributed by atoms with Gasteiger partial charge in [0.15, 0.2) is 5.65 Å². The van der Waals surface area contributed by atoms with Crippen molar-refractivity contribution in [3.8, 4) is 0 Å². The van der Waals surface area contributed by atoms with E-state index in [0.29, 0.717) is 6.54 Å². The number of likely N-dealkylation sites (tertiary alicyclic amines) is 1. The fraction of sp³-hybridized carbons (Fsp3) is 0.533. The van der Waals surface area contributed by atoms with E-state index >= 15 is 0 Å². The van der Waals surface area contributed by atoms with Gasteiger partial charge < -0.3 is 9.80 Å². The summed E-state index contributed by atoms with van der Waals surface area (Å²) in [4.78, 5) is 23.7. The lowest BCUT2D eigenvalue weighted by atomic mass is 9.95. The molecule has 2 aromatic heterocycles. The first-order valence-corrected chi connectivity index (χ1v) is 16.2. The van der Waals surface area contributed by atoms with E-state index in [1.165, 1.54) is 12.8 Å². The van der Waals surface area contributed by atoms with Crippen LogP contribution in [0.2, 0.25) is 0 Å². The largest absolute Gasteiger partial charge is 0.356 e. The number of carbonyl (C=O) groups excluding carboxylic acids is 1. The molecule has 0 saturated carbocycles. The average molecular weight is 551 g/mol. The van der Waals surface area contributed by atoms with E-state index in [1.807, 2.05) is 46.7 Å². The number of nitrogens with zero attached hydrogens (tertiary/aromatic N) is 6. The van der Waals surface area contributed by atoms with Crippen LogP contribution in [0.15, 0.2) is 36.5 Å². The standard InChI is InChI=1S/C30H42N6O2S/c1-7-23-15-17-34(20-23)29-22(3)19-36-27(31-29)18-25(32-36)26-14-10-11-16-35(26)30(37)28(33(4)39(5,6)38)24-13-9-8-12-21(24)2/h8-9,12-13,18-19,23,26,28H,5,7,10-11,14-17,20H2,1-4,6H3/t23-,26-,28?,39?/m0/s1. The Bertz CT molecular complexity index is 1470. The summed E-state index contributed by atoms with van der Waals surface area (Å²) in [6.07, 6.45) is 8.85. The molecule has 210 valence electrons. The molecule has 0 aliphatic carbocycles. The second kappa shape index (κ2) is 10.9. The third-order valence-corrected chi connectivity index (χ3v) is 10.0. The van der Waals surface area contributed by atoms with Crippen LogP contribution in [0.25, 0.3) is 5.65 Å². The normalized spacial score (nSPS) is 22.4. The Hall–Kier alpha value is -2.91. The Morgan fingerprint density at radius 1 is 1.18 bits per heavy atom. The number of hydrogen-bond donors (Lipinski definition) is 0. The highest BCUT2D eigenvalue weighted by Crippen LogP contribution is 2.36. The van der Waals surface area contributed by atoms with Crippen molar-refractivity contribution in [2.45, 2.75) is 65.0 Å². The van der Waals surface area contributed by atoms with Gasteiger partial charge in [0.2, 0.25) is 5.91 Å². The number of aryl methyl sites for hydroxylation is 2. The Balaban J connectivity index is 1.50. The second-order valence-electron chi connectivity index (χ2n) is 11.4. The molecule has 2 fully saturated rings. The van der Waals surface area contributed by atoms with Crippen molar-refractivity contribution >= 4 is 33.0 Å². The van der Waals surface area contributed by atoms with Gasteiger partial charge in [0.25, 0.3) is 0 Å². The quantitative estimate of drug-likeness (QED) is 0.403. The van der Waals surface area contributed by atoms with Crippen molar-refractivity contribution in [3.05, 3.63) is 58.9 Å². The smallest absolute Gasteiger partial charge is 0.246 e. The lowest BCUT2D eigenvalue weighted by Gasteiger charge is -2.39. The Kier molecular flexibility index (Phi) is 7.75. The van der Waals surface area contributed by atoms with E-state index in [0.717, 1.165) is 72.1 Å². The van der Waals surface area contributed by atoms with Crippen molar-refractivity contribution in [2.24, 2.45) is 5.92 Å². The number of benzene rings is 1. The van der Waals surface area contributed by atoms with Crippen molar-refractivity contribution in [2.75, 3.05) is 37.8 Å². The molecule has 1 amide bonds. The van der Waals surface area contributed by atoms with E-state index in [2.05, 4.69) is 30.8 Å². The number of fused-ring (bicyclic) bond motifs is 1. The number of rotatable bonds is 7. The number of likely N-dealkylation sites (N-methyl/N-ethyl adjacent to an activating group) is 1. The zero-order valence-electron chi connectivity index (χ0n) is 24.0. The molecular weight excluding hydrogens is 508 g/mol. The Labute approximate surface area is 233 Å². The van der Waals surface area contributed by atoms with Gasteiger partial charge in [0.1, 0.15) is 11.9 Å². The molecule has 2 unspecified atom stereocenters. The summed E-state index contributed by atoms with van der Waals surface area (Å²) in [6, 6.07) is 9.04. The molecule has 1 aromatic carbocycles. The molecular formula is C30H42N6O2S. The maximum Gasteiger partial charge on any atom is 0.246 e. The van der Waals surface area contributed by atoms with Gasteiger partial charge in [0, 0.05) is 60.5 Å². The first-order valence-electron chi connectivity index (χ1n) is 14.1. The molecule has 2 aliphatic heterocycles. The summed E-state index contributed by atoms with van der Waals surface area (Å²) in [5.41, 5.74) is 4.64. The maximum atomic E-state index is 14.4. The monoisotopic (exact) mass is 550 g/mol. The molecule has 5 rings (SSSR count). The molecule has 39 heavy (non-hydrogen) atoms. The van der Waals surface area contributed by atoms with Gasteiger partial charge in [-0.25, -0.2) is 13.8 Å². The summed E-state index contributed by atoms with van der Waals surface area (Å²) in [5, 5.41) is 4.93. The molecule has 0 radical (unpaired) electrons. The highest BCUT2D eigenvalue weighted by atomic mass is 32.2. The number of piperidine rings is 1. The first-order chi connectivity index (χ1) is 18.6. The zero-order chi connectivity index (χ0) is 27.9. The molecule has 4 atom stereocenters. The number of hydrogen-bond acceptors (Lipinski definition) is 5. The van der Waals surface area contributed by atoms with Crippen LogP contribution in [-0.4, -0.2) is 72.7 Å². The summed E-state index contributed by atoms with van der Waals surface area (Å²) in [7, 11) is -0.886. The fourth-order valence-corrected chi connectivity index (χ4v) is 6.77. The van der Waals surface area contributed by atoms with Crippen LogP contribution in [0, 0.1) is 19.8 Å². The number of aromatic nitrogens is 3. The van der Waals surface area contributed by atoms with Gasteiger partial charge in [-0.05, 0) is 62.4 Å². The van der Waals surface area contributed by atoms with Gasteiger partial charge >= 0.3 is 0 Å². The van der Waals surface area contributed by atoms with Crippen LogP contribution in [-0.2, 0) is 14.5 Å². The Morgan fingerprint density at radius 2 is 1.95 bits per heavy atom. The van der Waals surface area contributed by atoms with Gasteiger partial charge in [-0.3, -0.25) is 9.00 Å². The highest BCUT2D eigenvalue weighted by Gasteiger charge is 2.38. The van der Waals surface area contributed by atoms with Crippen molar-refractivity contribution in [1.82, 2.24) is 23.8 Å². The molecule has 9 heteroatoms. The van der Waals surface area contributed by atoms with Gasteiger partial charge in [-0.15, -0.1) is 0 Å². The number of amides is 1. The van der Waals surface area contributed by atoms with Gasteiger partial charge in [-0.2, -0.15) is 5.10 Å². The summed E-state index contributed by atoms with van der Waals surface area (Å²) in [5.74, 6) is 5.60. The fourth-order valence-electron chi connectivity index (χ4n) is 6.12. The van der Waals surface area contributed by atoms with Gasteiger partial charge in [0.05, 0.1) is 11.7 Å². The van der Waals surface area contributed by atoms with E-state index in [1.54, 1.807) is 17.6 Å². The topological polar surface area (TPSA) is 74.1 Å². The van der Waals surface area contributed by atoms with Crippen LogP contribution in [0.3, 0.4) is 0 Å². The molecule has 3 aromatic rings. The molecule has 4 heterocycles. The highest BCUT2D eigenvalue weighted by molar-refractivity contribution is 7.97. The number of carbonyl (C=O) groups is 1. The predicted octanol–water partition coefficient (Wildman–Crippen LogP) is 4.57.